The topological polar surface area (TPSA) is 86.7 Å². The molecule has 1 aromatic carbocycles. The predicted molar refractivity (Wildman–Crippen MR) is 97.3 cm³/mol. The summed E-state index contributed by atoms with van der Waals surface area (Å²) >= 11 is 0. The molecule has 2 N–H and O–H groups in total. The Morgan fingerprint density at radius 3 is 2.44 bits per heavy atom. The van der Waals surface area contributed by atoms with E-state index in [1.165, 1.54) is 6.07 Å². The van der Waals surface area contributed by atoms with Crippen LogP contribution in [-0.4, -0.2) is 44.0 Å². The van der Waals surface area contributed by atoms with Crippen LogP contribution in [0.2, 0.25) is 0 Å². The van der Waals surface area contributed by atoms with Crippen LogP contribution in [0.25, 0.3) is 0 Å². The Hall–Kier alpha value is -1.60. The van der Waals surface area contributed by atoms with E-state index in [0.717, 1.165) is 37.7 Å². The molecular weight excluding hydrogens is 340 g/mol. The summed E-state index contributed by atoms with van der Waals surface area (Å²) in [7, 11) is -0.722. The van der Waals surface area contributed by atoms with Crippen molar-refractivity contribution in [1.82, 2.24) is 10.2 Å². The first kappa shape index (κ1) is 19.7. The summed E-state index contributed by atoms with van der Waals surface area (Å²) in [5, 5.41) is 3.02. The van der Waals surface area contributed by atoms with E-state index in [-0.39, 0.29) is 17.0 Å². The number of benzene rings is 1. The van der Waals surface area contributed by atoms with Gasteiger partial charge in [-0.05, 0) is 63.0 Å². The van der Waals surface area contributed by atoms with Gasteiger partial charge in [0, 0.05) is 20.1 Å². The summed E-state index contributed by atoms with van der Waals surface area (Å²) in [4.78, 5) is 13.3. The lowest BCUT2D eigenvalue weighted by Gasteiger charge is -2.30. The molecule has 0 atom stereocenters. The van der Waals surface area contributed by atoms with E-state index in [9.17, 15) is 17.8 Å². The first-order valence-electron chi connectivity index (χ1n) is 8.71. The average molecular weight is 368 g/mol. The second-order valence-electron chi connectivity index (χ2n) is 7.19. The van der Waals surface area contributed by atoms with Crippen molar-refractivity contribution in [2.45, 2.75) is 56.4 Å². The largest absolute Gasteiger partial charge is 0.335 e. The molecule has 0 aliphatic heterocycles. The van der Waals surface area contributed by atoms with Crippen molar-refractivity contribution < 1.29 is 17.8 Å². The number of hydrogen-bond donors (Lipinski definition) is 2. The lowest BCUT2D eigenvalue weighted by molar-refractivity contribution is 0.203. The van der Waals surface area contributed by atoms with E-state index in [1.54, 1.807) is 25.1 Å². The van der Waals surface area contributed by atoms with Gasteiger partial charge in [0.1, 0.15) is 0 Å². The Morgan fingerprint density at radius 2 is 1.88 bits per heavy atom. The molecule has 7 heteroatoms. The maximum atomic E-state index is 11.7. The number of amides is 2. The molecule has 1 saturated carbocycles. The fourth-order valence-corrected chi connectivity index (χ4v) is 4.15. The Kier molecular flexibility index (Phi) is 6.46. The van der Waals surface area contributed by atoms with Crippen LogP contribution in [-0.2, 0) is 16.5 Å². The molecule has 0 heterocycles. The lowest BCUT2D eigenvalue weighted by atomic mass is 9.82. The normalized spacial score (nSPS) is 21.0. The summed E-state index contributed by atoms with van der Waals surface area (Å²) < 4.78 is 32.4. The van der Waals surface area contributed by atoms with Crippen LogP contribution in [0.1, 0.15) is 43.2 Å². The van der Waals surface area contributed by atoms with Crippen molar-refractivity contribution in [2.75, 3.05) is 14.1 Å². The zero-order valence-corrected chi connectivity index (χ0v) is 16.0. The van der Waals surface area contributed by atoms with Crippen molar-refractivity contribution in [1.29, 1.82) is 0 Å². The van der Waals surface area contributed by atoms with E-state index in [0.29, 0.717) is 17.9 Å². The quantitative estimate of drug-likeness (QED) is 0.782. The molecule has 6 nitrogen and oxygen atoms in total. The highest BCUT2D eigenvalue weighted by Gasteiger charge is 2.23. The average Bonchev–Trinajstić information content (AvgIpc) is 2.53. The van der Waals surface area contributed by atoms with Gasteiger partial charge in [-0.2, -0.15) is 8.42 Å². The third kappa shape index (κ3) is 5.71. The van der Waals surface area contributed by atoms with Crippen LogP contribution in [0, 0.1) is 12.8 Å². The zero-order valence-electron chi connectivity index (χ0n) is 15.2. The Morgan fingerprint density at radius 1 is 1.24 bits per heavy atom. The number of nitrogens with zero attached hydrogens (tertiary/aromatic N) is 1. The third-order valence-electron chi connectivity index (χ3n) is 4.90. The second kappa shape index (κ2) is 8.19. The molecule has 1 aromatic rings. The number of aryl methyl sites for hydroxylation is 2. The highest BCUT2D eigenvalue weighted by molar-refractivity contribution is 7.85. The molecule has 25 heavy (non-hydrogen) atoms. The van der Waals surface area contributed by atoms with Gasteiger partial charge in [-0.25, -0.2) is 4.79 Å². The number of urea groups is 1. The highest BCUT2D eigenvalue weighted by atomic mass is 32.2. The fraction of sp³-hybridized carbons (Fsp3) is 0.611. The van der Waals surface area contributed by atoms with E-state index >= 15 is 0 Å². The molecule has 1 fully saturated rings. The first-order valence-corrected chi connectivity index (χ1v) is 10.2. The van der Waals surface area contributed by atoms with Crippen LogP contribution in [0.3, 0.4) is 0 Å². The van der Waals surface area contributed by atoms with E-state index in [2.05, 4.69) is 5.32 Å². The van der Waals surface area contributed by atoms with Gasteiger partial charge in [0.25, 0.3) is 10.1 Å². The molecule has 0 spiro atoms. The molecule has 140 valence electrons. The first-order chi connectivity index (χ1) is 11.7. The fourth-order valence-electron chi connectivity index (χ4n) is 3.41. The Balaban J connectivity index is 1.90. The van der Waals surface area contributed by atoms with Crippen LogP contribution in [0.5, 0.6) is 0 Å². The Bertz CT molecular complexity index is 708. The van der Waals surface area contributed by atoms with Gasteiger partial charge in [-0.3, -0.25) is 4.55 Å². The zero-order chi connectivity index (χ0) is 18.6. The number of carbonyl (C=O) groups excluding carboxylic acids is 1. The molecular formula is C18H28N2O4S. The second-order valence-corrected chi connectivity index (χ2v) is 8.58. The van der Waals surface area contributed by atoms with Gasteiger partial charge in [0.15, 0.2) is 0 Å². The van der Waals surface area contributed by atoms with Crippen LogP contribution < -0.4 is 5.32 Å². The molecule has 2 rings (SSSR count). The summed E-state index contributed by atoms with van der Waals surface area (Å²) in [6, 6.07) is 5.19. The van der Waals surface area contributed by atoms with Crippen LogP contribution in [0.4, 0.5) is 4.79 Å². The maximum Gasteiger partial charge on any atom is 0.317 e. The maximum absolute atomic E-state index is 11.7. The molecule has 0 aromatic heterocycles. The monoisotopic (exact) mass is 368 g/mol. The smallest absolute Gasteiger partial charge is 0.317 e. The van der Waals surface area contributed by atoms with E-state index < -0.39 is 10.1 Å². The van der Waals surface area contributed by atoms with Gasteiger partial charge >= 0.3 is 6.03 Å². The highest BCUT2D eigenvalue weighted by Crippen LogP contribution is 2.29. The number of nitrogens with one attached hydrogen (secondary N) is 1. The summed E-state index contributed by atoms with van der Waals surface area (Å²) in [6.07, 6.45) is 5.46. The van der Waals surface area contributed by atoms with Crippen molar-refractivity contribution in [2.24, 2.45) is 5.92 Å². The minimum atomic E-state index is -4.19. The lowest BCUT2D eigenvalue weighted by Crippen LogP contribution is -2.43. The van der Waals surface area contributed by atoms with Crippen LogP contribution >= 0.6 is 0 Å². The Labute approximate surface area is 150 Å². The molecule has 0 bridgehead atoms. The van der Waals surface area contributed by atoms with E-state index in [4.69, 9.17) is 0 Å². The van der Waals surface area contributed by atoms with Gasteiger partial charge < -0.3 is 10.2 Å². The van der Waals surface area contributed by atoms with Crippen LogP contribution in [0.15, 0.2) is 23.1 Å². The minimum Gasteiger partial charge on any atom is -0.335 e. The molecule has 0 radical (unpaired) electrons. The van der Waals surface area contributed by atoms with Crippen molar-refractivity contribution >= 4 is 16.1 Å². The van der Waals surface area contributed by atoms with Crippen molar-refractivity contribution in [3.8, 4) is 0 Å². The van der Waals surface area contributed by atoms with Crippen molar-refractivity contribution in [3.63, 3.8) is 0 Å². The summed E-state index contributed by atoms with van der Waals surface area (Å²) in [5.41, 5.74) is 1.67. The number of carbonyl (C=O) groups is 1. The van der Waals surface area contributed by atoms with Gasteiger partial charge in [-0.15, -0.1) is 0 Å². The SMILES string of the molecule is Cc1ccc(S(=O)(=O)O)c(CCC2CCC(NC(=O)N(C)C)CC2)c1. The minimum absolute atomic E-state index is 0.0185. The molecule has 2 amide bonds. The van der Waals surface area contributed by atoms with Gasteiger partial charge in [-0.1, -0.05) is 17.7 Å². The molecule has 1 aliphatic rings. The number of hydrogen-bond acceptors (Lipinski definition) is 3. The summed E-state index contributed by atoms with van der Waals surface area (Å²) in [5.74, 6) is 0.516. The van der Waals surface area contributed by atoms with Crippen molar-refractivity contribution in [3.05, 3.63) is 29.3 Å². The summed E-state index contributed by atoms with van der Waals surface area (Å²) in [6.45, 7) is 1.91. The predicted octanol–water partition coefficient (Wildman–Crippen LogP) is 3.00. The third-order valence-corrected chi connectivity index (χ3v) is 5.85. The van der Waals surface area contributed by atoms with E-state index in [1.807, 2.05) is 13.0 Å². The molecule has 0 saturated heterocycles. The van der Waals surface area contributed by atoms with Gasteiger partial charge in [0.2, 0.25) is 0 Å². The van der Waals surface area contributed by atoms with Gasteiger partial charge in [0.05, 0.1) is 4.90 Å². The number of rotatable bonds is 5. The standard InChI is InChI=1S/C18H28N2O4S/c1-13-4-11-17(25(22,23)24)15(12-13)8-5-14-6-9-16(10-7-14)19-18(21)20(2)3/h4,11-12,14,16H,5-10H2,1-3H3,(H,19,21)(H,22,23,24). The molecule has 0 unspecified atom stereocenters. The molecule has 1 aliphatic carbocycles.